The van der Waals surface area contributed by atoms with Gasteiger partial charge in [0.1, 0.15) is 0 Å². The van der Waals surface area contributed by atoms with Crippen LogP contribution < -0.4 is 5.32 Å². The van der Waals surface area contributed by atoms with E-state index in [0.717, 1.165) is 28.2 Å². The molecule has 0 aliphatic carbocycles. The second-order valence-corrected chi connectivity index (χ2v) is 9.40. The lowest BCUT2D eigenvalue weighted by Crippen LogP contribution is -2.22. The van der Waals surface area contributed by atoms with Gasteiger partial charge in [-0.3, -0.25) is 4.79 Å². The zero-order valence-corrected chi connectivity index (χ0v) is 17.1. The summed E-state index contributed by atoms with van der Waals surface area (Å²) >= 11 is 6.49. The highest BCUT2D eigenvalue weighted by molar-refractivity contribution is 8.00. The topological polar surface area (TPSA) is 66.5 Å². The first-order valence-electron chi connectivity index (χ1n) is 7.73. The largest absolute Gasteiger partial charge is 0.417 e. The smallest absolute Gasteiger partial charge is 0.325 e. The van der Waals surface area contributed by atoms with Crippen molar-refractivity contribution in [3.05, 3.63) is 53.1 Å². The Morgan fingerprint density at radius 2 is 1.75 bits per heavy atom. The normalized spacial score (nSPS) is 12.2. The molecule has 0 saturated heterocycles. The average molecular weight is 453 g/mol. The van der Waals surface area contributed by atoms with Crippen LogP contribution in [0.25, 0.3) is 0 Å². The summed E-state index contributed by atoms with van der Waals surface area (Å²) in [5.41, 5.74) is -0.590. The summed E-state index contributed by atoms with van der Waals surface area (Å²) < 4.78 is 63.6. The Morgan fingerprint density at radius 3 is 2.29 bits per heavy atom. The summed E-state index contributed by atoms with van der Waals surface area (Å²) in [5, 5.41) is 2.15. The van der Waals surface area contributed by atoms with Gasteiger partial charge in [-0.2, -0.15) is 13.2 Å². The zero-order chi connectivity index (χ0) is 21.1. The molecule has 152 valence electrons. The van der Waals surface area contributed by atoms with Crippen LogP contribution in [-0.4, -0.2) is 38.5 Å². The molecule has 2 rings (SSSR count). The molecule has 0 bridgehead atoms. The fourth-order valence-corrected chi connectivity index (χ4v) is 3.94. The molecule has 2 aromatic rings. The fourth-order valence-electron chi connectivity index (χ4n) is 2.08. The number of sulfonamides is 1. The Kier molecular flexibility index (Phi) is 7.02. The number of halogens is 4. The van der Waals surface area contributed by atoms with Crippen LogP contribution in [0.3, 0.4) is 0 Å². The number of alkyl halides is 3. The highest BCUT2D eigenvalue weighted by Crippen LogP contribution is 2.37. The number of amides is 1. The van der Waals surface area contributed by atoms with Crippen molar-refractivity contribution in [3.63, 3.8) is 0 Å². The summed E-state index contributed by atoms with van der Waals surface area (Å²) in [7, 11) is -0.762. The molecule has 0 saturated carbocycles. The lowest BCUT2D eigenvalue weighted by Gasteiger charge is -2.12. The predicted octanol–water partition coefficient (Wildman–Crippen LogP) is 4.34. The van der Waals surface area contributed by atoms with Crippen molar-refractivity contribution in [1.29, 1.82) is 0 Å². The van der Waals surface area contributed by atoms with Gasteiger partial charge in [0.25, 0.3) is 0 Å². The van der Waals surface area contributed by atoms with E-state index in [0.29, 0.717) is 5.69 Å². The third-order valence-corrected chi connectivity index (χ3v) is 6.68. The zero-order valence-electron chi connectivity index (χ0n) is 14.7. The molecule has 0 aliphatic heterocycles. The van der Waals surface area contributed by atoms with Gasteiger partial charge in [0.15, 0.2) is 0 Å². The first-order chi connectivity index (χ1) is 12.9. The summed E-state index contributed by atoms with van der Waals surface area (Å²) in [6.07, 6.45) is -4.58. The number of nitrogens with zero attached hydrogens (tertiary/aromatic N) is 1. The molecule has 0 radical (unpaired) electrons. The van der Waals surface area contributed by atoms with E-state index >= 15 is 0 Å². The van der Waals surface area contributed by atoms with E-state index in [-0.39, 0.29) is 15.5 Å². The van der Waals surface area contributed by atoms with Crippen LogP contribution >= 0.6 is 23.4 Å². The number of thioether (sulfide) groups is 1. The highest BCUT2D eigenvalue weighted by Gasteiger charge is 2.33. The number of carbonyl (C=O) groups excluding carboxylic acids is 1. The minimum absolute atomic E-state index is 0.0747. The number of benzene rings is 2. The Morgan fingerprint density at radius 1 is 1.14 bits per heavy atom. The van der Waals surface area contributed by atoms with Crippen LogP contribution in [0, 0.1) is 0 Å². The van der Waals surface area contributed by atoms with Gasteiger partial charge >= 0.3 is 6.18 Å². The Balaban J connectivity index is 2.00. The van der Waals surface area contributed by atoms with E-state index in [1.54, 1.807) is 0 Å². The van der Waals surface area contributed by atoms with Crippen molar-refractivity contribution in [2.24, 2.45) is 0 Å². The van der Waals surface area contributed by atoms with Crippen LogP contribution in [0.5, 0.6) is 0 Å². The summed E-state index contributed by atoms with van der Waals surface area (Å²) in [4.78, 5) is 12.3. The molecule has 28 heavy (non-hydrogen) atoms. The van der Waals surface area contributed by atoms with E-state index in [2.05, 4.69) is 5.32 Å². The van der Waals surface area contributed by atoms with Crippen LogP contribution in [0.2, 0.25) is 5.02 Å². The number of carbonyl (C=O) groups is 1. The average Bonchev–Trinajstić information content (AvgIpc) is 2.60. The predicted molar refractivity (Wildman–Crippen MR) is 103 cm³/mol. The van der Waals surface area contributed by atoms with Crippen molar-refractivity contribution >= 4 is 45.0 Å². The van der Waals surface area contributed by atoms with E-state index in [9.17, 15) is 26.4 Å². The van der Waals surface area contributed by atoms with Crippen molar-refractivity contribution in [3.8, 4) is 0 Å². The van der Waals surface area contributed by atoms with Gasteiger partial charge < -0.3 is 5.32 Å². The lowest BCUT2D eigenvalue weighted by atomic mass is 10.2. The first-order valence-corrected chi connectivity index (χ1v) is 10.5. The second kappa shape index (κ2) is 8.73. The maximum absolute atomic E-state index is 12.9. The molecule has 0 spiro atoms. The van der Waals surface area contributed by atoms with Gasteiger partial charge in [0.05, 0.1) is 21.2 Å². The minimum atomic E-state index is -4.58. The second-order valence-electron chi connectivity index (χ2n) is 5.79. The maximum Gasteiger partial charge on any atom is 0.417 e. The minimum Gasteiger partial charge on any atom is -0.325 e. The van der Waals surface area contributed by atoms with E-state index in [1.807, 2.05) is 0 Å². The molecule has 0 aliphatic rings. The number of nitrogens with one attached hydrogen (secondary N) is 1. The van der Waals surface area contributed by atoms with Gasteiger partial charge in [-0.25, -0.2) is 12.7 Å². The third-order valence-electron chi connectivity index (χ3n) is 3.53. The quantitative estimate of drug-likeness (QED) is 0.662. The Bertz CT molecular complexity index is 963. The molecule has 0 fully saturated rings. The highest BCUT2D eigenvalue weighted by atomic mass is 35.5. The van der Waals surface area contributed by atoms with Crippen LogP contribution in [0.1, 0.15) is 5.56 Å². The SMILES string of the molecule is CN(C)S(=O)(=O)c1ccc(NC(=O)CSc2ccc(Cl)c(C(F)(F)F)c2)cc1. The molecule has 1 N–H and O–H groups in total. The van der Waals surface area contributed by atoms with Crippen LogP contribution in [0.4, 0.5) is 18.9 Å². The van der Waals surface area contributed by atoms with Crippen molar-refractivity contribution in [1.82, 2.24) is 4.31 Å². The molecule has 0 aromatic heterocycles. The standard InChI is InChI=1S/C17H16ClF3N2O3S2/c1-23(2)28(25,26)13-6-3-11(4-7-13)22-16(24)10-27-12-5-8-15(18)14(9-12)17(19,20)21/h3-9H,10H2,1-2H3,(H,22,24). The number of anilines is 1. The summed E-state index contributed by atoms with van der Waals surface area (Å²) in [6.45, 7) is 0. The van der Waals surface area contributed by atoms with Gasteiger partial charge in [0.2, 0.25) is 15.9 Å². The molecule has 2 aromatic carbocycles. The Labute approximate surface area is 169 Å². The van der Waals surface area contributed by atoms with Crippen molar-refractivity contribution in [2.45, 2.75) is 16.0 Å². The van der Waals surface area contributed by atoms with Crippen molar-refractivity contribution < 1.29 is 26.4 Å². The van der Waals surface area contributed by atoms with E-state index in [1.165, 1.54) is 44.4 Å². The molecule has 0 unspecified atom stereocenters. The third kappa shape index (κ3) is 5.63. The lowest BCUT2D eigenvalue weighted by molar-refractivity contribution is -0.137. The number of rotatable bonds is 6. The maximum atomic E-state index is 12.9. The fraction of sp³-hybridized carbons (Fsp3) is 0.235. The first kappa shape index (κ1) is 22.5. The van der Waals surface area contributed by atoms with Crippen LogP contribution in [0.15, 0.2) is 52.3 Å². The Hall–Kier alpha value is -1.75. The number of hydrogen-bond acceptors (Lipinski definition) is 4. The van der Waals surface area contributed by atoms with E-state index in [4.69, 9.17) is 11.6 Å². The summed E-state index contributed by atoms with van der Waals surface area (Å²) in [6, 6.07) is 9.00. The molecule has 0 atom stereocenters. The van der Waals surface area contributed by atoms with Gasteiger partial charge in [0, 0.05) is 24.7 Å². The molecule has 11 heteroatoms. The molecular formula is C17H16ClF3N2O3S2. The molecular weight excluding hydrogens is 437 g/mol. The molecule has 1 amide bonds. The van der Waals surface area contributed by atoms with Gasteiger partial charge in [-0.05, 0) is 42.5 Å². The van der Waals surface area contributed by atoms with Crippen molar-refractivity contribution in [2.75, 3.05) is 25.2 Å². The van der Waals surface area contributed by atoms with Crippen LogP contribution in [-0.2, 0) is 21.0 Å². The van der Waals surface area contributed by atoms with Gasteiger partial charge in [-0.15, -0.1) is 11.8 Å². The summed E-state index contributed by atoms with van der Waals surface area (Å²) in [5.74, 6) is -0.576. The monoisotopic (exact) mass is 452 g/mol. The molecule has 5 nitrogen and oxygen atoms in total. The number of hydrogen-bond donors (Lipinski definition) is 1. The van der Waals surface area contributed by atoms with Gasteiger partial charge in [-0.1, -0.05) is 11.6 Å². The molecule has 0 heterocycles. The van der Waals surface area contributed by atoms with E-state index < -0.39 is 32.7 Å².